The largest absolute Gasteiger partial charge is 0.360 e. The molecule has 0 spiro atoms. The molecule has 0 atom stereocenters. The highest BCUT2D eigenvalue weighted by Crippen LogP contribution is 2.35. The van der Waals surface area contributed by atoms with Crippen molar-refractivity contribution in [3.63, 3.8) is 0 Å². The molecule has 1 aromatic carbocycles. The number of fused-ring (bicyclic) bond motifs is 2. The number of rotatable bonds is 3. The maximum Gasteiger partial charge on any atom is 0.255 e. The Hall–Kier alpha value is -3.35. The van der Waals surface area contributed by atoms with Crippen molar-refractivity contribution < 1.29 is 0 Å². The highest BCUT2D eigenvalue weighted by Gasteiger charge is 2.39. The minimum atomic E-state index is -0.152. The first-order valence-electron chi connectivity index (χ1n) is 9.86. The molecule has 0 saturated carbocycles. The average Bonchev–Trinajstić information content (AvgIpc) is 3.37. The molecule has 148 valence electrons. The lowest BCUT2D eigenvalue weighted by atomic mass is 10.0. The van der Waals surface area contributed by atoms with Gasteiger partial charge in [-0.2, -0.15) is 0 Å². The van der Waals surface area contributed by atoms with Crippen molar-refractivity contribution in [3.05, 3.63) is 59.5 Å². The molecule has 1 N–H and O–H groups in total. The standard InChI is InChI=1S/C22H24N6O/c1-14(2)28-21-25-19(10-20(29)27(21)12-22(28,3)4)17-11-24-18-6-5-15(9-16(17)18)26-8-7-23-13-26/h5-11,13-14,24H,12H2,1-4H3. The van der Waals surface area contributed by atoms with Gasteiger partial charge in [-0.3, -0.25) is 9.36 Å². The van der Waals surface area contributed by atoms with Crippen LogP contribution in [0.4, 0.5) is 5.95 Å². The fourth-order valence-corrected chi connectivity index (χ4v) is 4.52. The second-order valence-corrected chi connectivity index (χ2v) is 8.54. The third-order valence-electron chi connectivity index (χ3n) is 5.66. The first kappa shape index (κ1) is 17.7. The van der Waals surface area contributed by atoms with Crippen molar-refractivity contribution in [1.29, 1.82) is 0 Å². The Morgan fingerprint density at radius 2 is 2.03 bits per heavy atom. The molecule has 7 heteroatoms. The van der Waals surface area contributed by atoms with Gasteiger partial charge in [0.2, 0.25) is 5.95 Å². The molecule has 1 aliphatic heterocycles. The van der Waals surface area contributed by atoms with E-state index in [0.717, 1.165) is 28.1 Å². The van der Waals surface area contributed by atoms with Gasteiger partial charge < -0.3 is 14.5 Å². The number of imidazole rings is 1. The van der Waals surface area contributed by atoms with Gasteiger partial charge >= 0.3 is 0 Å². The van der Waals surface area contributed by atoms with Crippen LogP contribution in [0.2, 0.25) is 0 Å². The normalized spacial score (nSPS) is 15.4. The van der Waals surface area contributed by atoms with Gasteiger partial charge in [-0.25, -0.2) is 9.97 Å². The molecule has 7 nitrogen and oxygen atoms in total. The number of H-pyrrole nitrogens is 1. The molecule has 1 aliphatic rings. The molecule has 5 rings (SSSR count). The molecule has 4 heterocycles. The molecule has 29 heavy (non-hydrogen) atoms. The van der Waals surface area contributed by atoms with E-state index in [0.29, 0.717) is 12.2 Å². The van der Waals surface area contributed by atoms with Crippen LogP contribution in [0, 0.1) is 0 Å². The highest BCUT2D eigenvalue weighted by molar-refractivity contribution is 5.95. The topological polar surface area (TPSA) is 71.7 Å². The molecule has 0 radical (unpaired) electrons. The number of hydrogen-bond donors (Lipinski definition) is 1. The van der Waals surface area contributed by atoms with Crippen molar-refractivity contribution in [2.45, 2.75) is 45.8 Å². The zero-order valence-corrected chi connectivity index (χ0v) is 17.0. The minimum absolute atomic E-state index is 0.0126. The van der Waals surface area contributed by atoms with E-state index in [2.05, 4.69) is 48.6 Å². The maximum atomic E-state index is 12.9. The number of hydrogen-bond acceptors (Lipinski definition) is 4. The summed E-state index contributed by atoms with van der Waals surface area (Å²) >= 11 is 0. The van der Waals surface area contributed by atoms with Crippen LogP contribution in [0.15, 0.2) is 54.0 Å². The smallest absolute Gasteiger partial charge is 0.255 e. The molecule has 0 amide bonds. The van der Waals surface area contributed by atoms with E-state index in [1.165, 1.54) is 0 Å². The molecule has 0 aliphatic carbocycles. The van der Waals surface area contributed by atoms with Gasteiger partial charge in [-0.1, -0.05) is 0 Å². The van der Waals surface area contributed by atoms with Gasteiger partial charge in [0.1, 0.15) is 0 Å². The molecule has 0 saturated heterocycles. The summed E-state index contributed by atoms with van der Waals surface area (Å²) in [6.07, 6.45) is 7.38. The van der Waals surface area contributed by atoms with Gasteiger partial charge in [0, 0.05) is 52.9 Å². The summed E-state index contributed by atoms with van der Waals surface area (Å²) < 4.78 is 3.75. The van der Waals surface area contributed by atoms with Crippen LogP contribution < -0.4 is 10.5 Å². The van der Waals surface area contributed by atoms with Crippen molar-refractivity contribution in [2.24, 2.45) is 0 Å². The zero-order valence-electron chi connectivity index (χ0n) is 17.0. The lowest BCUT2D eigenvalue weighted by molar-refractivity contribution is 0.425. The fourth-order valence-electron chi connectivity index (χ4n) is 4.52. The summed E-state index contributed by atoms with van der Waals surface area (Å²) in [5.74, 6) is 0.743. The van der Waals surface area contributed by atoms with Crippen LogP contribution in [-0.4, -0.2) is 35.7 Å². The van der Waals surface area contributed by atoms with E-state index in [4.69, 9.17) is 4.98 Å². The van der Waals surface area contributed by atoms with Crippen molar-refractivity contribution >= 4 is 16.9 Å². The summed E-state index contributed by atoms with van der Waals surface area (Å²) in [6, 6.07) is 8.07. The van der Waals surface area contributed by atoms with E-state index < -0.39 is 0 Å². The summed E-state index contributed by atoms with van der Waals surface area (Å²) in [6.45, 7) is 9.23. The highest BCUT2D eigenvalue weighted by atomic mass is 16.1. The lowest BCUT2D eigenvalue weighted by Gasteiger charge is -2.35. The van der Waals surface area contributed by atoms with Crippen molar-refractivity contribution in [3.8, 4) is 16.9 Å². The number of nitrogens with one attached hydrogen (secondary N) is 1. The predicted molar refractivity (Wildman–Crippen MR) is 115 cm³/mol. The Morgan fingerprint density at radius 3 is 2.76 bits per heavy atom. The van der Waals surface area contributed by atoms with Gasteiger partial charge in [0.15, 0.2) is 0 Å². The van der Waals surface area contributed by atoms with E-state index in [1.807, 2.05) is 29.1 Å². The Kier molecular flexibility index (Phi) is 3.71. The van der Waals surface area contributed by atoms with Crippen molar-refractivity contribution in [1.82, 2.24) is 24.1 Å². The molecule has 0 fully saturated rings. The first-order valence-corrected chi connectivity index (χ1v) is 9.86. The summed E-state index contributed by atoms with van der Waals surface area (Å²) in [7, 11) is 0. The Morgan fingerprint density at radius 1 is 1.21 bits per heavy atom. The predicted octanol–water partition coefficient (Wildman–Crippen LogP) is 3.58. The summed E-state index contributed by atoms with van der Waals surface area (Å²) in [4.78, 5) is 27.6. The Balaban J connectivity index is 1.69. The molecule has 0 unspecified atom stereocenters. The second-order valence-electron chi connectivity index (χ2n) is 8.54. The van der Waals surface area contributed by atoms with Crippen molar-refractivity contribution in [2.75, 3.05) is 4.90 Å². The number of benzene rings is 1. The van der Waals surface area contributed by atoms with Crippen LogP contribution in [-0.2, 0) is 6.54 Å². The van der Waals surface area contributed by atoms with Crippen LogP contribution in [0.5, 0.6) is 0 Å². The van der Waals surface area contributed by atoms with Gasteiger partial charge in [0.25, 0.3) is 5.56 Å². The fraction of sp³-hybridized carbons (Fsp3) is 0.318. The van der Waals surface area contributed by atoms with Gasteiger partial charge in [-0.05, 0) is 45.9 Å². The molecule has 4 aromatic rings. The molecular formula is C22H24N6O. The van der Waals surface area contributed by atoms with Crippen LogP contribution >= 0.6 is 0 Å². The first-order chi connectivity index (χ1) is 13.8. The lowest BCUT2D eigenvalue weighted by Crippen LogP contribution is -2.45. The van der Waals surface area contributed by atoms with Gasteiger partial charge in [0.05, 0.1) is 24.1 Å². The van der Waals surface area contributed by atoms with Crippen LogP contribution in [0.3, 0.4) is 0 Å². The third kappa shape index (κ3) is 2.68. The van der Waals surface area contributed by atoms with E-state index in [9.17, 15) is 4.79 Å². The van der Waals surface area contributed by atoms with Crippen LogP contribution in [0.1, 0.15) is 27.7 Å². The molecule has 0 bridgehead atoms. The molecular weight excluding hydrogens is 364 g/mol. The average molecular weight is 388 g/mol. The Bertz CT molecular complexity index is 1260. The van der Waals surface area contributed by atoms with E-state index >= 15 is 0 Å². The van der Waals surface area contributed by atoms with E-state index in [1.54, 1.807) is 23.2 Å². The van der Waals surface area contributed by atoms with Gasteiger partial charge in [-0.15, -0.1) is 0 Å². The third-order valence-corrected chi connectivity index (χ3v) is 5.66. The quantitative estimate of drug-likeness (QED) is 0.582. The monoisotopic (exact) mass is 388 g/mol. The number of aromatic amines is 1. The number of nitrogens with zero attached hydrogens (tertiary/aromatic N) is 5. The number of anilines is 1. The SMILES string of the molecule is CC(C)N1c2nc(-c3c[nH]c4ccc(-n5ccnc5)cc34)cc(=O)n2CC1(C)C. The maximum absolute atomic E-state index is 12.9. The zero-order chi connectivity index (χ0) is 20.3. The second kappa shape index (κ2) is 6.07. The van der Waals surface area contributed by atoms with Crippen LogP contribution in [0.25, 0.3) is 27.8 Å². The van der Waals surface area contributed by atoms with E-state index in [-0.39, 0.29) is 17.1 Å². The summed E-state index contributed by atoms with van der Waals surface area (Å²) in [5.41, 5.74) is 3.47. The summed E-state index contributed by atoms with van der Waals surface area (Å²) in [5, 5.41) is 1.03. The molecule has 3 aromatic heterocycles. The Labute approximate surface area is 168 Å². The minimum Gasteiger partial charge on any atom is -0.360 e. The number of aromatic nitrogens is 5.